The third kappa shape index (κ3) is 4.20. The van der Waals surface area contributed by atoms with Gasteiger partial charge in [0.25, 0.3) is 0 Å². The van der Waals surface area contributed by atoms with E-state index in [1.807, 2.05) is 13.8 Å². The third-order valence-electron chi connectivity index (χ3n) is 3.15. The van der Waals surface area contributed by atoms with Gasteiger partial charge in [-0.25, -0.2) is 9.59 Å². The molecule has 5 nitrogen and oxygen atoms in total. The monoisotopic (exact) mass is 312 g/mol. The fourth-order valence-corrected chi connectivity index (χ4v) is 2.90. The number of carbonyl (C=O) groups excluding carboxylic acids is 2. The van der Waals surface area contributed by atoms with E-state index in [-0.39, 0.29) is 11.4 Å². The van der Waals surface area contributed by atoms with Gasteiger partial charge in [0.05, 0.1) is 12.7 Å². The van der Waals surface area contributed by atoms with Crippen LogP contribution in [0.15, 0.2) is 6.07 Å². The molecular weight excluding hydrogens is 288 g/mol. The minimum Gasteiger partial charge on any atom is -0.465 e. The van der Waals surface area contributed by atoms with Crippen LogP contribution in [0.1, 0.15) is 49.9 Å². The molecule has 0 aliphatic heterocycles. The van der Waals surface area contributed by atoms with Crippen LogP contribution in [0.4, 0.5) is 9.80 Å². The lowest BCUT2D eigenvalue weighted by molar-refractivity contribution is 0.0602. The maximum absolute atomic E-state index is 12.2. The average molecular weight is 312 g/mol. The molecule has 0 unspecified atom stereocenters. The van der Waals surface area contributed by atoms with E-state index in [0.29, 0.717) is 23.7 Å². The highest BCUT2D eigenvalue weighted by Gasteiger charge is 2.25. The number of nitrogens with one attached hydrogen (secondary N) is 1. The maximum Gasteiger partial charge on any atom is 0.340 e. The van der Waals surface area contributed by atoms with Gasteiger partial charge in [-0.15, -0.1) is 11.3 Å². The topological polar surface area (TPSA) is 58.6 Å². The molecule has 21 heavy (non-hydrogen) atoms. The van der Waals surface area contributed by atoms with Crippen LogP contribution in [0.3, 0.4) is 0 Å². The normalized spacial score (nSPS) is 11.1. The minimum atomic E-state index is -0.434. The fourth-order valence-electron chi connectivity index (χ4n) is 1.80. The van der Waals surface area contributed by atoms with Crippen molar-refractivity contribution >= 4 is 28.3 Å². The number of nitrogens with zero attached hydrogens (tertiary/aromatic N) is 1. The van der Waals surface area contributed by atoms with Gasteiger partial charge in [-0.1, -0.05) is 20.8 Å². The SMILES string of the molecule is CCN(CC)C(=O)Nc1sc(C(C)(C)C)cc1C(=O)OC. The maximum atomic E-state index is 12.2. The van der Waals surface area contributed by atoms with Crippen molar-refractivity contribution in [3.05, 3.63) is 16.5 Å². The minimum absolute atomic E-state index is 0.0917. The van der Waals surface area contributed by atoms with E-state index in [0.717, 1.165) is 4.88 Å². The van der Waals surface area contributed by atoms with Crippen molar-refractivity contribution in [2.45, 2.75) is 40.0 Å². The lowest BCUT2D eigenvalue weighted by Gasteiger charge is -2.19. The molecule has 0 radical (unpaired) electrons. The summed E-state index contributed by atoms with van der Waals surface area (Å²) >= 11 is 1.42. The zero-order valence-corrected chi connectivity index (χ0v) is 14.4. The van der Waals surface area contributed by atoms with E-state index < -0.39 is 5.97 Å². The van der Waals surface area contributed by atoms with Crippen LogP contribution in [0.25, 0.3) is 0 Å². The molecule has 2 amide bonds. The van der Waals surface area contributed by atoms with Crippen molar-refractivity contribution in [2.24, 2.45) is 0 Å². The average Bonchev–Trinajstić information content (AvgIpc) is 2.83. The molecule has 0 aromatic carbocycles. The Morgan fingerprint density at radius 2 is 1.86 bits per heavy atom. The number of methoxy groups -OCH3 is 1. The van der Waals surface area contributed by atoms with Gasteiger partial charge in [-0.05, 0) is 25.3 Å². The molecule has 1 aromatic heterocycles. The van der Waals surface area contributed by atoms with Gasteiger partial charge < -0.3 is 9.64 Å². The summed E-state index contributed by atoms with van der Waals surface area (Å²) in [6, 6.07) is 1.60. The van der Waals surface area contributed by atoms with Gasteiger partial charge in [0.2, 0.25) is 0 Å². The summed E-state index contributed by atoms with van der Waals surface area (Å²) < 4.78 is 4.80. The quantitative estimate of drug-likeness (QED) is 0.862. The van der Waals surface area contributed by atoms with E-state index >= 15 is 0 Å². The zero-order chi connectivity index (χ0) is 16.2. The Morgan fingerprint density at radius 3 is 2.29 bits per heavy atom. The summed E-state index contributed by atoms with van der Waals surface area (Å²) in [7, 11) is 1.34. The number of esters is 1. The Labute approximate surface area is 130 Å². The van der Waals surface area contributed by atoms with E-state index in [1.54, 1.807) is 11.0 Å². The predicted molar refractivity (Wildman–Crippen MR) is 86.3 cm³/mol. The van der Waals surface area contributed by atoms with Crippen LogP contribution in [-0.4, -0.2) is 37.1 Å². The molecule has 118 valence electrons. The van der Waals surface area contributed by atoms with Crippen molar-refractivity contribution in [3.8, 4) is 0 Å². The fraction of sp³-hybridized carbons (Fsp3) is 0.600. The van der Waals surface area contributed by atoms with Gasteiger partial charge in [-0.2, -0.15) is 0 Å². The van der Waals surface area contributed by atoms with Crippen LogP contribution in [0, 0.1) is 0 Å². The number of carbonyl (C=O) groups is 2. The lowest BCUT2D eigenvalue weighted by atomic mass is 9.94. The molecule has 1 N–H and O–H groups in total. The number of thiophene rings is 1. The molecule has 0 bridgehead atoms. The highest BCUT2D eigenvalue weighted by Crippen LogP contribution is 2.36. The van der Waals surface area contributed by atoms with Gasteiger partial charge in [-0.3, -0.25) is 5.32 Å². The first kappa shape index (κ1) is 17.5. The second kappa shape index (κ2) is 6.93. The summed E-state index contributed by atoms with van der Waals surface area (Å²) in [5, 5.41) is 3.37. The van der Waals surface area contributed by atoms with E-state index in [1.165, 1.54) is 18.4 Å². The Balaban J connectivity index is 3.12. The number of urea groups is 1. The molecule has 0 saturated carbocycles. The van der Waals surface area contributed by atoms with Crippen molar-refractivity contribution in [1.29, 1.82) is 0 Å². The highest BCUT2D eigenvalue weighted by atomic mass is 32.1. The summed E-state index contributed by atoms with van der Waals surface area (Å²) in [6.07, 6.45) is 0. The number of hydrogen-bond acceptors (Lipinski definition) is 4. The van der Waals surface area contributed by atoms with E-state index in [2.05, 4.69) is 26.1 Å². The van der Waals surface area contributed by atoms with Gasteiger partial charge >= 0.3 is 12.0 Å². The van der Waals surface area contributed by atoms with Crippen LogP contribution in [0.2, 0.25) is 0 Å². The Morgan fingerprint density at radius 1 is 1.29 bits per heavy atom. The Bertz CT molecular complexity index is 513. The standard InChI is InChI=1S/C15H24N2O3S/c1-7-17(8-2)14(19)16-12-10(13(18)20-6)9-11(21-12)15(3,4)5/h9H,7-8H2,1-6H3,(H,16,19). The van der Waals surface area contributed by atoms with Gasteiger partial charge in [0, 0.05) is 18.0 Å². The summed E-state index contributed by atoms with van der Waals surface area (Å²) in [4.78, 5) is 26.7. The van der Waals surface area contributed by atoms with Crippen LogP contribution < -0.4 is 5.32 Å². The summed E-state index contributed by atoms with van der Waals surface area (Å²) in [5.74, 6) is -0.434. The van der Waals surface area contributed by atoms with E-state index in [9.17, 15) is 9.59 Å². The van der Waals surface area contributed by atoms with Crippen molar-refractivity contribution in [1.82, 2.24) is 4.90 Å². The summed E-state index contributed by atoms with van der Waals surface area (Å²) in [6.45, 7) is 11.3. The summed E-state index contributed by atoms with van der Waals surface area (Å²) in [5.41, 5.74) is 0.318. The molecule has 0 aliphatic rings. The van der Waals surface area contributed by atoms with Crippen molar-refractivity contribution in [2.75, 3.05) is 25.5 Å². The van der Waals surface area contributed by atoms with Crippen molar-refractivity contribution in [3.63, 3.8) is 0 Å². The highest BCUT2D eigenvalue weighted by molar-refractivity contribution is 7.16. The number of hydrogen-bond donors (Lipinski definition) is 1. The number of anilines is 1. The third-order valence-corrected chi connectivity index (χ3v) is 4.62. The van der Waals surface area contributed by atoms with Crippen LogP contribution in [0.5, 0.6) is 0 Å². The van der Waals surface area contributed by atoms with Crippen molar-refractivity contribution < 1.29 is 14.3 Å². The molecule has 1 rings (SSSR count). The van der Waals surface area contributed by atoms with Gasteiger partial charge in [0.1, 0.15) is 5.00 Å². The molecule has 1 heterocycles. The molecule has 6 heteroatoms. The molecule has 0 fully saturated rings. The van der Waals surface area contributed by atoms with Gasteiger partial charge in [0.15, 0.2) is 0 Å². The molecule has 0 aliphatic carbocycles. The van der Waals surface area contributed by atoms with Crippen LogP contribution >= 0.6 is 11.3 Å². The predicted octanol–water partition coefficient (Wildman–Crippen LogP) is 3.71. The molecule has 0 spiro atoms. The Kier molecular flexibility index (Phi) is 5.78. The number of rotatable bonds is 4. The number of ether oxygens (including phenoxy) is 1. The lowest BCUT2D eigenvalue weighted by Crippen LogP contribution is -2.34. The first-order valence-electron chi connectivity index (χ1n) is 7.03. The second-order valence-electron chi connectivity index (χ2n) is 5.70. The first-order valence-corrected chi connectivity index (χ1v) is 7.84. The zero-order valence-electron chi connectivity index (χ0n) is 13.6. The molecular formula is C15H24N2O3S. The molecule has 1 aromatic rings. The smallest absolute Gasteiger partial charge is 0.340 e. The molecule has 0 atom stereocenters. The van der Waals surface area contributed by atoms with Crippen LogP contribution in [-0.2, 0) is 10.2 Å². The number of amides is 2. The first-order chi connectivity index (χ1) is 9.74. The molecule has 0 saturated heterocycles. The largest absolute Gasteiger partial charge is 0.465 e. The second-order valence-corrected chi connectivity index (χ2v) is 6.75. The van der Waals surface area contributed by atoms with E-state index in [4.69, 9.17) is 4.74 Å². The Hall–Kier alpha value is -1.56.